The van der Waals surface area contributed by atoms with E-state index in [2.05, 4.69) is 9.47 Å². The molecular weight excluding hydrogens is 584 g/mol. The summed E-state index contributed by atoms with van der Waals surface area (Å²) in [5, 5.41) is 0. The highest BCUT2D eigenvalue weighted by Crippen LogP contribution is 2.56. The molecule has 0 aromatic heterocycles. The number of ether oxygens (including phenoxy) is 2. The van der Waals surface area contributed by atoms with E-state index in [0.717, 1.165) is 0 Å². The second kappa shape index (κ2) is 8.38. The summed E-state index contributed by atoms with van der Waals surface area (Å²) >= 11 is 0. The highest BCUT2D eigenvalue weighted by atomic mass is 19.4. The van der Waals surface area contributed by atoms with Gasteiger partial charge in [0.2, 0.25) is 11.6 Å². The standard InChI is InChI=1S/C18F16O4/c19-3-1(4(20)8(24)11(27)7(3)23)15(17(29,30)31)13(35)38-16(14(36)37-15,18(32,33)34)2-5(21)9(25)12(28)10(26)6(2)22/t15-,16+. The molecule has 38 heavy (non-hydrogen) atoms. The Morgan fingerprint density at radius 2 is 0.579 bits per heavy atom. The van der Waals surface area contributed by atoms with Crippen molar-refractivity contribution in [3.63, 3.8) is 0 Å². The highest BCUT2D eigenvalue weighted by Gasteiger charge is 2.80. The molecule has 2 aromatic rings. The van der Waals surface area contributed by atoms with Gasteiger partial charge in [-0.05, 0) is 0 Å². The molecule has 1 aliphatic heterocycles. The summed E-state index contributed by atoms with van der Waals surface area (Å²) in [7, 11) is 0. The minimum atomic E-state index is -6.97. The van der Waals surface area contributed by atoms with Gasteiger partial charge in [0, 0.05) is 0 Å². The van der Waals surface area contributed by atoms with E-state index in [1.807, 2.05) is 0 Å². The van der Waals surface area contributed by atoms with Gasteiger partial charge in [-0.25, -0.2) is 53.5 Å². The van der Waals surface area contributed by atoms with Crippen LogP contribution in [0.25, 0.3) is 0 Å². The van der Waals surface area contributed by atoms with E-state index in [9.17, 15) is 79.8 Å². The van der Waals surface area contributed by atoms with Gasteiger partial charge in [-0.2, -0.15) is 26.3 Å². The number of carbonyl (C=O) groups excluding carboxylic acids is 2. The average Bonchev–Trinajstić information content (AvgIpc) is 2.80. The van der Waals surface area contributed by atoms with Crippen molar-refractivity contribution in [3.8, 4) is 0 Å². The van der Waals surface area contributed by atoms with Crippen LogP contribution in [0, 0.1) is 58.2 Å². The number of rotatable bonds is 2. The molecule has 0 bridgehead atoms. The van der Waals surface area contributed by atoms with Crippen LogP contribution in [0.5, 0.6) is 0 Å². The SMILES string of the molecule is O=C1O[C@@](c2c(F)c(F)c(F)c(F)c2F)(C(F)(F)F)C(=O)O[C@]1(c1c(F)c(F)c(F)c(F)c1F)C(F)(F)F. The monoisotopic (exact) mass is 584 g/mol. The van der Waals surface area contributed by atoms with E-state index in [0.29, 0.717) is 0 Å². The highest BCUT2D eigenvalue weighted by molar-refractivity contribution is 5.96. The third-order valence-corrected chi connectivity index (χ3v) is 4.99. The topological polar surface area (TPSA) is 52.6 Å². The van der Waals surface area contributed by atoms with Crippen molar-refractivity contribution in [2.45, 2.75) is 23.6 Å². The van der Waals surface area contributed by atoms with Crippen molar-refractivity contribution < 1.29 is 89.3 Å². The zero-order valence-corrected chi connectivity index (χ0v) is 16.7. The zero-order valence-electron chi connectivity index (χ0n) is 16.7. The first-order valence-corrected chi connectivity index (χ1v) is 8.75. The van der Waals surface area contributed by atoms with Gasteiger partial charge < -0.3 is 9.47 Å². The Kier molecular flexibility index (Phi) is 6.36. The summed E-state index contributed by atoms with van der Waals surface area (Å²) in [5.41, 5.74) is -18.9. The predicted molar refractivity (Wildman–Crippen MR) is 80.1 cm³/mol. The van der Waals surface area contributed by atoms with E-state index in [1.165, 1.54) is 0 Å². The predicted octanol–water partition coefficient (Wildman–Crippen LogP) is 5.39. The lowest BCUT2D eigenvalue weighted by Gasteiger charge is -2.44. The average molecular weight is 584 g/mol. The quantitative estimate of drug-likeness (QED) is 0.206. The van der Waals surface area contributed by atoms with E-state index in [4.69, 9.17) is 0 Å². The molecule has 0 spiro atoms. The van der Waals surface area contributed by atoms with E-state index in [1.54, 1.807) is 0 Å². The molecule has 0 N–H and O–H groups in total. The summed E-state index contributed by atoms with van der Waals surface area (Å²) in [6, 6.07) is 0. The van der Waals surface area contributed by atoms with E-state index >= 15 is 0 Å². The van der Waals surface area contributed by atoms with Crippen LogP contribution in [0.15, 0.2) is 0 Å². The van der Waals surface area contributed by atoms with Crippen LogP contribution >= 0.6 is 0 Å². The van der Waals surface area contributed by atoms with Crippen LogP contribution < -0.4 is 0 Å². The van der Waals surface area contributed by atoms with Crippen LogP contribution in [-0.4, -0.2) is 24.3 Å². The fraction of sp³-hybridized carbons (Fsp3) is 0.222. The second-order valence-electron chi connectivity index (χ2n) is 7.03. The molecule has 2 atom stereocenters. The molecule has 0 aliphatic carbocycles. The lowest BCUT2D eigenvalue weighted by molar-refractivity contribution is -0.339. The van der Waals surface area contributed by atoms with Crippen LogP contribution in [0.4, 0.5) is 70.2 Å². The van der Waals surface area contributed by atoms with Crippen LogP contribution in [-0.2, 0) is 30.3 Å². The molecule has 1 aliphatic rings. The number of esters is 2. The first-order valence-electron chi connectivity index (χ1n) is 8.75. The van der Waals surface area contributed by atoms with Crippen LogP contribution in [0.1, 0.15) is 11.1 Å². The molecule has 1 saturated heterocycles. The first kappa shape index (κ1) is 28.8. The Hall–Kier alpha value is -3.74. The Morgan fingerprint density at radius 3 is 0.763 bits per heavy atom. The summed E-state index contributed by atoms with van der Waals surface area (Å²) in [4.78, 5) is 24.6. The number of alkyl halides is 6. The maximum absolute atomic E-state index is 14.2. The lowest BCUT2D eigenvalue weighted by Crippen LogP contribution is -2.67. The molecule has 0 saturated carbocycles. The molecule has 4 nitrogen and oxygen atoms in total. The molecule has 208 valence electrons. The molecule has 2 aromatic carbocycles. The van der Waals surface area contributed by atoms with Gasteiger partial charge in [0.1, 0.15) is 0 Å². The molecule has 3 rings (SSSR count). The maximum Gasteiger partial charge on any atom is 0.444 e. The third-order valence-electron chi connectivity index (χ3n) is 4.99. The number of carbonyl (C=O) groups is 2. The van der Waals surface area contributed by atoms with Gasteiger partial charge in [0.05, 0.1) is 11.1 Å². The van der Waals surface area contributed by atoms with Crippen molar-refractivity contribution >= 4 is 11.9 Å². The first-order chi connectivity index (χ1) is 17.1. The largest absolute Gasteiger partial charge is 0.444 e. The lowest BCUT2D eigenvalue weighted by atomic mass is 9.85. The molecule has 1 fully saturated rings. The van der Waals surface area contributed by atoms with Crippen molar-refractivity contribution in [1.82, 2.24) is 0 Å². The number of cyclic esters (lactones) is 2. The molecule has 0 unspecified atom stereocenters. The van der Waals surface area contributed by atoms with Crippen molar-refractivity contribution in [3.05, 3.63) is 69.3 Å². The summed E-state index contributed by atoms with van der Waals surface area (Å²) in [5.74, 6) is -41.7. The fourth-order valence-electron chi connectivity index (χ4n) is 3.27. The molecular formula is C18F16O4. The Morgan fingerprint density at radius 1 is 0.395 bits per heavy atom. The van der Waals surface area contributed by atoms with E-state index in [-0.39, 0.29) is 0 Å². The van der Waals surface area contributed by atoms with Gasteiger partial charge in [-0.15, -0.1) is 0 Å². The Bertz CT molecular complexity index is 1230. The van der Waals surface area contributed by atoms with Gasteiger partial charge in [-0.1, -0.05) is 0 Å². The summed E-state index contributed by atoms with van der Waals surface area (Å²) < 4.78 is 227. The van der Waals surface area contributed by atoms with Crippen molar-refractivity contribution in [2.75, 3.05) is 0 Å². The number of halogens is 16. The molecule has 0 amide bonds. The summed E-state index contributed by atoms with van der Waals surface area (Å²) in [6.07, 6.45) is -13.9. The molecule has 0 radical (unpaired) electrons. The van der Waals surface area contributed by atoms with Crippen LogP contribution in [0.3, 0.4) is 0 Å². The van der Waals surface area contributed by atoms with Gasteiger partial charge in [0.15, 0.2) is 46.5 Å². The normalized spacial score (nSPS) is 22.4. The minimum Gasteiger partial charge on any atom is -0.428 e. The summed E-state index contributed by atoms with van der Waals surface area (Å²) in [6.45, 7) is 0. The van der Waals surface area contributed by atoms with Crippen molar-refractivity contribution in [2.24, 2.45) is 0 Å². The van der Waals surface area contributed by atoms with Gasteiger partial charge in [0.25, 0.3) is 0 Å². The fourth-order valence-corrected chi connectivity index (χ4v) is 3.27. The van der Waals surface area contributed by atoms with Gasteiger partial charge in [-0.3, -0.25) is 0 Å². The van der Waals surface area contributed by atoms with Crippen molar-refractivity contribution in [1.29, 1.82) is 0 Å². The Labute approximate surface area is 195 Å². The zero-order chi connectivity index (χ0) is 29.5. The van der Waals surface area contributed by atoms with E-state index < -0.39 is 105 Å². The molecule has 1 heterocycles. The smallest absolute Gasteiger partial charge is 0.428 e. The number of hydrogen-bond donors (Lipinski definition) is 0. The van der Waals surface area contributed by atoms with Crippen LogP contribution in [0.2, 0.25) is 0 Å². The number of hydrogen-bond acceptors (Lipinski definition) is 4. The van der Waals surface area contributed by atoms with Gasteiger partial charge >= 0.3 is 35.5 Å². The minimum absolute atomic E-state index is 3.16. The molecule has 20 heteroatoms. The Balaban J connectivity index is 2.48. The second-order valence-corrected chi connectivity index (χ2v) is 7.03. The number of benzene rings is 2. The maximum atomic E-state index is 14.2. The third kappa shape index (κ3) is 3.40.